The summed E-state index contributed by atoms with van der Waals surface area (Å²) in [6.45, 7) is -0.544. The third-order valence-corrected chi connectivity index (χ3v) is 2.28. The molecule has 92 valence electrons. The summed E-state index contributed by atoms with van der Waals surface area (Å²) in [5.74, 6) is 0. The number of anilines is 1. The number of aliphatic hydroxyl groups excluding tert-OH is 1. The maximum absolute atomic E-state index is 10.9. The number of rotatable bonds is 5. The van der Waals surface area contributed by atoms with Crippen LogP contribution in [0.4, 0.5) is 11.4 Å². The topological polar surface area (TPSA) is 114 Å². The summed E-state index contributed by atoms with van der Waals surface area (Å²) in [4.78, 5) is 11.6. The molecule has 0 aliphatic carbocycles. The lowest BCUT2D eigenvalue weighted by molar-refractivity contribution is -0.384. The van der Waals surface area contributed by atoms with E-state index in [1.54, 1.807) is 0 Å². The molecule has 1 N–H and O–H groups in total. The average Bonchev–Trinajstić information content (AvgIpc) is 2.37. The lowest BCUT2D eigenvalue weighted by Gasteiger charge is -2.18. The first-order valence-corrected chi connectivity index (χ1v) is 5.01. The smallest absolute Gasteiger partial charge is 0.292 e. The van der Waals surface area contributed by atoms with Gasteiger partial charge in [0.05, 0.1) is 23.7 Å². The highest BCUT2D eigenvalue weighted by Crippen LogP contribution is 2.29. The van der Waals surface area contributed by atoms with Crippen molar-refractivity contribution in [1.82, 2.24) is 0 Å². The Labute approximate surface area is 103 Å². The number of nitro groups is 1. The molecule has 0 aliphatic heterocycles. The van der Waals surface area contributed by atoms with Crippen molar-refractivity contribution in [3.63, 3.8) is 0 Å². The number of hydrogen-bond acceptors (Lipinski definition) is 6. The SMILES string of the molecule is N#CCN(CC#N)c1ccc(CO)cc1[N+](=O)[O-]. The molecule has 18 heavy (non-hydrogen) atoms. The molecule has 0 unspecified atom stereocenters. The zero-order chi connectivity index (χ0) is 13.5. The molecule has 0 radical (unpaired) electrons. The van der Waals surface area contributed by atoms with Gasteiger partial charge in [0.1, 0.15) is 18.8 Å². The van der Waals surface area contributed by atoms with Gasteiger partial charge in [-0.05, 0) is 11.6 Å². The summed E-state index contributed by atoms with van der Waals surface area (Å²) in [5, 5.41) is 37.2. The van der Waals surface area contributed by atoms with E-state index in [4.69, 9.17) is 15.6 Å². The van der Waals surface area contributed by atoms with Gasteiger partial charge in [-0.15, -0.1) is 0 Å². The third kappa shape index (κ3) is 2.94. The van der Waals surface area contributed by atoms with Crippen molar-refractivity contribution >= 4 is 11.4 Å². The fraction of sp³-hybridized carbons (Fsp3) is 0.273. The first-order valence-electron chi connectivity index (χ1n) is 5.01. The Morgan fingerprint density at radius 3 is 2.39 bits per heavy atom. The van der Waals surface area contributed by atoms with Crippen LogP contribution in [0, 0.1) is 32.8 Å². The molecule has 0 aliphatic rings. The van der Waals surface area contributed by atoms with E-state index in [2.05, 4.69) is 0 Å². The summed E-state index contributed by atoms with van der Waals surface area (Å²) < 4.78 is 0. The third-order valence-electron chi connectivity index (χ3n) is 2.28. The van der Waals surface area contributed by atoms with Crippen LogP contribution in [-0.4, -0.2) is 23.1 Å². The predicted octanol–water partition coefficient (Wildman–Crippen LogP) is 0.941. The minimum absolute atomic E-state index is 0.118. The van der Waals surface area contributed by atoms with E-state index in [0.29, 0.717) is 5.56 Å². The highest BCUT2D eigenvalue weighted by atomic mass is 16.6. The van der Waals surface area contributed by atoms with Crippen molar-refractivity contribution in [2.24, 2.45) is 0 Å². The molecule has 0 aromatic heterocycles. The molecule has 7 heteroatoms. The first-order chi connectivity index (χ1) is 8.63. The second-order valence-corrected chi connectivity index (χ2v) is 3.41. The Morgan fingerprint density at radius 2 is 1.94 bits per heavy atom. The first kappa shape index (κ1) is 13.4. The van der Waals surface area contributed by atoms with E-state index in [1.807, 2.05) is 12.1 Å². The molecule has 1 rings (SSSR count). The van der Waals surface area contributed by atoms with Crippen molar-refractivity contribution in [3.8, 4) is 12.1 Å². The van der Waals surface area contributed by atoms with E-state index < -0.39 is 4.92 Å². The number of hydrogen-bond donors (Lipinski definition) is 1. The van der Waals surface area contributed by atoms with Gasteiger partial charge in [0.25, 0.3) is 5.69 Å². The maximum Gasteiger partial charge on any atom is 0.292 e. The van der Waals surface area contributed by atoms with Gasteiger partial charge in [0.2, 0.25) is 0 Å². The quantitative estimate of drug-likeness (QED) is 0.469. The highest BCUT2D eigenvalue weighted by molar-refractivity contribution is 5.65. The van der Waals surface area contributed by atoms with Crippen LogP contribution in [0.1, 0.15) is 5.56 Å². The van der Waals surface area contributed by atoms with Crippen LogP contribution in [-0.2, 0) is 6.61 Å². The van der Waals surface area contributed by atoms with Crippen LogP contribution < -0.4 is 4.90 Å². The molecule has 7 nitrogen and oxygen atoms in total. The second-order valence-electron chi connectivity index (χ2n) is 3.41. The van der Waals surface area contributed by atoms with E-state index >= 15 is 0 Å². The van der Waals surface area contributed by atoms with Gasteiger partial charge in [-0.1, -0.05) is 6.07 Å². The van der Waals surface area contributed by atoms with E-state index in [9.17, 15) is 10.1 Å². The van der Waals surface area contributed by atoms with Crippen molar-refractivity contribution in [3.05, 3.63) is 33.9 Å². The monoisotopic (exact) mass is 246 g/mol. The van der Waals surface area contributed by atoms with Crippen molar-refractivity contribution < 1.29 is 10.0 Å². The molecule has 0 bridgehead atoms. The summed E-state index contributed by atoms with van der Waals surface area (Å²) in [6, 6.07) is 7.88. The zero-order valence-corrected chi connectivity index (χ0v) is 9.41. The average molecular weight is 246 g/mol. The molecule has 0 saturated heterocycles. The molecule has 0 heterocycles. The number of nitrogens with zero attached hydrogens (tertiary/aromatic N) is 4. The lowest BCUT2D eigenvalue weighted by Crippen LogP contribution is -2.24. The van der Waals surface area contributed by atoms with Gasteiger partial charge in [0.15, 0.2) is 0 Å². The Hall–Kier alpha value is -2.64. The Kier molecular flexibility index (Phi) is 4.61. The van der Waals surface area contributed by atoms with Crippen LogP contribution in [0.25, 0.3) is 0 Å². The molecule has 0 amide bonds. The number of nitriles is 2. The Morgan fingerprint density at radius 1 is 1.33 bits per heavy atom. The fourth-order valence-corrected chi connectivity index (χ4v) is 1.48. The Bertz CT molecular complexity index is 514. The molecule has 0 atom stereocenters. The zero-order valence-electron chi connectivity index (χ0n) is 9.41. The molecule has 1 aromatic carbocycles. The number of nitro benzene ring substituents is 1. The summed E-state index contributed by atoms with van der Waals surface area (Å²) >= 11 is 0. The van der Waals surface area contributed by atoms with Gasteiger partial charge < -0.3 is 10.0 Å². The maximum atomic E-state index is 10.9. The van der Waals surface area contributed by atoms with E-state index in [1.165, 1.54) is 23.1 Å². The van der Waals surface area contributed by atoms with Crippen LogP contribution in [0.2, 0.25) is 0 Å². The van der Waals surface area contributed by atoms with Crippen LogP contribution in [0.15, 0.2) is 18.2 Å². The molecule has 0 saturated carbocycles. The summed E-state index contributed by atoms with van der Waals surface area (Å²) in [5.41, 5.74) is 0.367. The van der Waals surface area contributed by atoms with E-state index in [-0.39, 0.29) is 31.1 Å². The number of benzene rings is 1. The minimum atomic E-state index is -0.601. The van der Waals surface area contributed by atoms with Crippen LogP contribution >= 0.6 is 0 Å². The normalized spacial score (nSPS) is 9.28. The largest absolute Gasteiger partial charge is 0.392 e. The standard InChI is InChI=1S/C11H10N4O3/c12-3-5-14(6-4-13)10-2-1-9(8-16)7-11(10)15(17)18/h1-2,7,16H,5-6,8H2. The Balaban J connectivity index is 3.25. The highest BCUT2D eigenvalue weighted by Gasteiger charge is 2.19. The van der Waals surface area contributed by atoms with Crippen molar-refractivity contribution in [1.29, 1.82) is 10.5 Å². The molecular formula is C11H10N4O3. The van der Waals surface area contributed by atoms with Gasteiger partial charge in [0, 0.05) is 6.07 Å². The van der Waals surface area contributed by atoms with Gasteiger partial charge in [-0.3, -0.25) is 10.1 Å². The molecular weight excluding hydrogens is 236 g/mol. The molecule has 1 aromatic rings. The minimum Gasteiger partial charge on any atom is -0.392 e. The fourth-order valence-electron chi connectivity index (χ4n) is 1.48. The van der Waals surface area contributed by atoms with Gasteiger partial charge in [-0.2, -0.15) is 10.5 Å². The van der Waals surface area contributed by atoms with E-state index in [0.717, 1.165) is 0 Å². The van der Waals surface area contributed by atoms with Gasteiger partial charge >= 0.3 is 0 Å². The van der Waals surface area contributed by atoms with Crippen LogP contribution in [0.5, 0.6) is 0 Å². The second kappa shape index (κ2) is 6.18. The van der Waals surface area contributed by atoms with Crippen LogP contribution in [0.3, 0.4) is 0 Å². The van der Waals surface area contributed by atoms with Crippen molar-refractivity contribution in [2.75, 3.05) is 18.0 Å². The summed E-state index contributed by atoms with van der Waals surface area (Å²) in [6.07, 6.45) is 0. The van der Waals surface area contributed by atoms with Gasteiger partial charge in [-0.25, -0.2) is 0 Å². The molecule has 0 spiro atoms. The predicted molar refractivity (Wildman–Crippen MR) is 62.5 cm³/mol. The summed E-state index contributed by atoms with van der Waals surface area (Å²) in [7, 11) is 0. The van der Waals surface area contributed by atoms with Crippen molar-refractivity contribution in [2.45, 2.75) is 6.61 Å². The number of aliphatic hydroxyl groups is 1. The lowest BCUT2D eigenvalue weighted by atomic mass is 10.1. The molecule has 0 fully saturated rings.